The first-order valence-corrected chi connectivity index (χ1v) is 14.5. The molecule has 4 heterocycles. The van der Waals surface area contributed by atoms with Gasteiger partial charge in [0.2, 0.25) is 5.91 Å². The van der Waals surface area contributed by atoms with Crippen LogP contribution in [0.4, 0.5) is 4.79 Å². The quantitative estimate of drug-likeness (QED) is 0.294. The van der Waals surface area contributed by atoms with Crippen molar-refractivity contribution in [2.45, 2.75) is 24.4 Å². The number of thioether (sulfide) groups is 1. The van der Waals surface area contributed by atoms with Crippen LogP contribution in [0.5, 0.6) is 0 Å². The lowest BCUT2D eigenvalue weighted by Gasteiger charge is -2.49. The fraction of sp³-hybridized carbons (Fsp3) is 0.276. The second kappa shape index (κ2) is 12.5. The largest absolute Gasteiger partial charge is 0.477 e. The van der Waals surface area contributed by atoms with E-state index in [1.54, 1.807) is 67.9 Å². The Bertz CT molecular complexity index is 1530. The van der Waals surface area contributed by atoms with Gasteiger partial charge in [-0.2, -0.15) is 0 Å². The molecule has 2 aromatic rings. The number of carbonyl (C=O) groups is 6. The van der Waals surface area contributed by atoms with Gasteiger partial charge < -0.3 is 20.6 Å². The number of nitrogens with one attached hydrogen (secondary N) is 2. The van der Waals surface area contributed by atoms with Crippen LogP contribution in [0.3, 0.4) is 0 Å². The van der Waals surface area contributed by atoms with Gasteiger partial charge in [-0.05, 0) is 29.7 Å². The zero-order valence-electron chi connectivity index (χ0n) is 23.0. The minimum Gasteiger partial charge on any atom is -0.477 e. The lowest BCUT2D eigenvalue weighted by Crippen LogP contribution is -2.71. The van der Waals surface area contributed by atoms with Gasteiger partial charge in [-0.15, -0.1) is 11.8 Å². The molecule has 1 aromatic carbocycles. The van der Waals surface area contributed by atoms with Crippen molar-refractivity contribution in [3.05, 3.63) is 83.3 Å². The van der Waals surface area contributed by atoms with E-state index in [0.29, 0.717) is 17.7 Å². The third kappa shape index (κ3) is 5.86. The minimum absolute atomic E-state index is 0.0377. The fourth-order valence-corrected chi connectivity index (χ4v) is 6.31. The number of hydrogen-bond donors (Lipinski definition) is 3. The number of carboxylic acid groups (broad SMARTS) is 1. The first-order chi connectivity index (χ1) is 20.7. The van der Waals surface area contributed by atoms with Gasteiger partial charge in [0.25, 0.3) is 5.91 Å². The number of rotatable bonds is 8. The summed E-state index contributed by atoms with van der Waals surface area (Å²) in [6.07, 6.45) is 6.59. The predicted octanol–water partition coefficient (Wildman–Crippen LogP) is 0.975. The molecule has 0 saturated carbocycles. The van der Waals surface area contributed by atoms with E-state index in [1.165, 1.54) is 16.7 Å². The molecule has 43 heavy (non-hydrogen) atoms. The summed E-state index contributed by atoms with van der Waals surface area (Å²) in [5, 5.41) is 14.5. The number of likely N-dealkylation sites (N-methyl/N-ethyl adjacent to an activating group) is 1. The van der Waals surface area contributed by atoms with Crippen LogP contribution >= 0.6 is 11.8 Å². The van der Waals surface area contributed by atoms with Crippen LogP contribution in [0.15, 0.2) is 72.2 Å². The number of carboxylic acids is 1. The van der Waals surface area contributed by atoms with Crippen LogP contribution < -0.4 is 10.6 Å². The highest BCUT2D eigenvalue weighted by atomic mass is 32.2. The molecule has 222 valence electrons. The van der Waals surface area contributed by atoms with Crippen LogP contribution in [0.2, 0.25) is 0 Å². The highest BCUT2D eigenvalue weighted by molar-refractivity contribution is 8.00. The zero-order chi connectivity index (χ0) is 30.7. The Hall–Kier alpha value is -4.98. The number of pyridine rings is 1. The molecule has 6 amide bonds. The molecule has 0 spiro atoms. The van der Waals surface area contributed by atoms with Gasteiger partial charge in [-0.1, -0.05) is 48.6 Å². The van der Waals surface area contributed by atoms with Crippen LogP contribution in [0.1, 0.15) is 24.1 Å². The van der Waals surface area contributed by atoms with E-state index in [0.717, 1.165) is 15.4 Å². The second-order valence-corrected chi connectivity index (χ2v) is 10.9. The molecule has 2 saturated heterocycles. The number of benzene rings is 1. The summed E-state index contributed by atoms with van der Waals surface area (Å²) in [7, 11) is 0. The molecule has 5 rings (SSSR count). The van der Waals surface area contributed by atoms with Crippen LogP contribution in [-0.4, -0.2) is 97.2 Å². The number of allylic oxidation sites excluding steroid dienone is 1. The van der Waals surface area contributed by atoms with E-state index in [9.17, 15) is 33.9 Å². The Labute approximate surface area is 250 Å². The summed E-state index contributed by atoms with van der Waals surface area (Å²) in [5.41, 5.74) is 1.42. The lowest BCUT2D eigenvalue weighted by molar-refractivity contribution is -0.153. The van der Waals surface area contributed by atoms with E-state index in [-0.39, 0.29) is 24.5 Å². The summed E-state index contributed by atoms with van der Waals surface area (Å²) in [5.74, 6) is -4.14. The number of nitrogens with zero attached hydrogens (tertiary/aromatic N) is 4. The van der Waals surface area contributed by atoms with Crippen molar-refractivity contribution < 1.29 is 33.9 Å². The molecule has 3 atom stereocenters. The topological polar surface area (TPSA) is 169 Å². The minimum atomic E-state index is -1.30. The molecule has 0 radical (unpaired) electrons. The second-order valence-electron chi connectivity index (χ2n) is 9.83. The number of imide groups is 1. The number of fused-ring (bicyclic) bond motifs is 1. The number of carbonyl (C=O) groups excluding carboxylic acids is 5. The summed E-state index contributed by atoms with van der Waals surface area (Å²) >= 11 is 1.30. The van der Waals surface area contributed by atoms with Gasteiger partial charge in [-0.25, -0.2) is 9.59 Å². The molecular weight excluding hydrogens is 576 g/mol. The third-order valence-electron chi connectivity index (χ3n) is 7.26. The summed E-state index contributed by atoms with van der Waals surface area (Å²) in [4.78, 5) is 84.2. The highest BCUT2D eigenvalue weighted by Gasteiger charge is 2.54. The molecule has 2 fully saturated rings. The SMILES string of the molecule is CCN1CCN(C(=O)NC(C(=O)NC2C(=O)N3C(C(=O)O)=C(C=Cc4cccnc4)CS[C@@H]23)c2ccccc2)C(=O)C1=O. The first kappa shape index (κ1) is 29.5. The maximum Gasteiger partial charge on any atom is 0.352 e. The van der Waals surface area contributed by atoms with Crippen LogP contribution in [-0.2, 0) is 24.0 Å². The summed E-state index contributed by atoms with van der Waals surface area (Å²) in [6.45, 7) is 2.17. The number of amides is 6. The van der Waals surface area contributed by atoms with Gasteiger partial charge in [0.1, 0.15) is 23.2 Å². The van der Waals surface area contributed by atoms with Crippen molar-refractivity contribution >= 4 is 53.5 Å². The van der Waals surface area contributed by atoms with Crippen LogP contribution in [0.25, 0.3) is 6.08 Å². The summed E-state index contributed by atoms with van der Waals surface area (Å²) in [6, 6.07) is 8.53. The van der Waals surface area contributed by atoms with Gasteiger partial charge in [-0.3, -0.25) is 34.0 Å². The Morgan fingerprint density at radius 2 is 1.84 bits per heavy atom. The Morgan fingerprint density at radius 1 is 1.07 bits per heavy atom. The average molecular weight is 605 g/mol. The molecular formula is C29H28N6O7S. The van der Waals surface area contributed by atoms with Crippen LogP contribution in [0, 0.1) is 0 Å². The van der Waals surface area contributed by atoms with Gasteiger partial charge >= 0.3 is 23.8 Å². The molecule has 1 aromatic heterocycles. The smallest absolute Gasteiger partial charge is 0.352 e. The average Bonchev–Trinajstić information content (AvgIpc) is 3.02. The molecule has 0 bridgehead atoms. The molecule has 2 unspecified atom stereocenters. The summed E-state index contributed by atoms with van der Waals surface area (Å²) < 4.78 is 0. The molecule has 0 aliphatic carbocycles. The first-order valence-electron chi connectivity index (χ1n) is 13.5. The van der Waals surface area contributed by atoms with Crippen molar-refractivity contribution in [1.29, 1.82) is 0 Å². The number of β-lactam (4-membered cyclic amide) rings is 1. The van der Waals surface area contributed by atoms with E-state index in [2.05, 4.69) is 15.6 Å². The van der Waals surface area contributed by atoms with Crippen molar-refractivity contribution in [1.82, 2.24) is 30.3 Å². The number of hydrogen-bond acceptors (Lipinski definition) is 8. The normalized spacial score (nSPS) is 21.0. The Kier molecular flexibility index (Phi) is 8.57. The van der Waals surface area contributed by atoms with Gasteiger partial charge in [0, 0.05) is 37.8 Å². The Balaban J connectivity index is 1.32. The number of urea groups is 1. The Morgan fingerprint density at radius 3 is 2.51 bits per heavy atom. The maximum atomic E-state index is 13.5. The van der Waals surface area contributed by atoms with Gasteiger partial charge in [0.15, 0.2) is 0 Å². The molecule has 3 aliphatic rings. The molecule has 3 aliphatic heterocycles. The number of aliphatic carboxylic acids is 1. The number of aromatic nitrogens is 1. The van der Waals surface area contributed by atoms with E-state index >= 15 is 0 Å². The molecule has 14 heteroatoms. The van der Waals surface area contributed by atoms with Crippen molar-refractivity contribution in [3.8, 4) is 0 Å². The van der Waals surface area contributed by atoms with Crippen molar-refractivity contribution in [2.24, 2.45) is 0 Å². The van der Waals surface area contributed by atoms with E-state index < -0.39 is 53.1 Å². The molecule has 13 nitrogen and oxygen atoms in total. The van der Waals surface area contributed by atoms with Crippen molar-refractivity contribution in [3.63, 3.8) is 0 Å². The standard InChI is InChI=1S/C29H28N6O7S/c1-2-33-13-14-34(26(39)25(33)38)29(42)32-20(18-8-4-3-5-9-18)23(36)31-21-24(37)35-22(28(40)41)19(16-43-27(21)35)11-10-17-7-6-12-30-15-17/h3-12,15,20-21,27H,2,13-14,16H2,1H3,(H,31,36)(H,32,42)(H,40,41)/t20?,21?,27-/m0/s1. The van der Waals surface area contributed by atoms with E-state index in [4.69, 9.17) is 0 Å². The maximum absolute atomic E-state index is 13.5. The highest BCUT2D eigenvalue weighted by Crippen LogP contribution is 2.41. The number of piperazine rings is 1. The third-order valence-corrected chi connectivity index (χ3v) is 8.56. The van der Waals surface area contributed by atoms with Gasteiger partial charge in [0.05, 0.1) is 0 Å². The fourth-order valence-electron chi connectivity index (χ4n) is 5.00. The van der Waals surface area contributed by atoms with Crippen molar-refractivity contribution in [2.75, 3.05) is 25.4 Å². The zero-order valence-corrected chi connectivity index (χ0v) is 23.8. The molecule has 3 N–H and O–H groups in total. The monoisotopic (exact) mass is 604 g/mol. The van der Waals surface area contributed by atoms with E-state index in [1.807, 2.05) is 6.07 Å². The lowest BCUT2D eigenvalue weighted by atomic mass is 10.0. The predicted molar refractivity (Wildman–Crippen MR) is 155 cm³/mol.